The number of halogens is 1. The van der Waals surface area contributed by atoms with Gasteiger partial charge in [-0.15, -0.1) is 0 Å². The van der Waals surface area contributed by atoms with Gasteiger partial charge < -0.3 is 32.7 Å². The highest BCUT2D eigenvalue weighted by molar-refractivity contribution is 6.30. The van der Waals surface area contributed by atoms with Crippen LogP contribution in [0.2, 0.25) is 5.02 Å². The predicted octanol–water partition coefficient (Wildman–Crippen LogP) is 7.61. The highest BCUT2D eigenvalue weighted by Gasteiger charge is 2.28. The van der Waals surface area contributed by atoms with Crippen LogP contribution >= 0.6 is 11.6 Å². The van der Waals surface area contributed by atoms with Gasteiger partial charge in [-0.3, -0.25) is 24.0 Å². The van der Waals surface area contributed by atoms with Crippen molar-refractivity contribution in [3.8, 4) is 11.4 Å². The van der Waals surface area contributed by atoms with E-state index in [1.165, 1.54) is 21.8 Å². The summed E-state index contributed by atoms with van der Waals surface area (Å²) in [5.41, 5.74) is 20.8. The first-order valence-electron chi connectivity index (χ1n) is 23.3. The Hall–Kier alpha value is -7.88. The fourth-order valence-electron chi connectivity index (χ4n) is 7.83. The molecule has 0 aliphatic heterocycles. The third kappa shape index (κ3) is 11.2. The molecule has 2 heterocycles. The molecule has 70 heavy (non-hydrogen) atoms. The van der Waals surface area contributed by atoms with Crippen molar-refractivity contribution in [3.05, 3.63) is 188 Å². The second-order valence-electron chi connectivity index (χ2n) is 18.1. The zero-order chi connectivity index (χ0) is 49.1. The van der Waals surface area contributed by atoms with Crippen molar-refractivity contribution in [3.63, 3.8) is 0 Å². The molecule has 0 spiro atoms. The number of aryl methyl sites for hydroxylation is 2. The number of benzene rings is 5. The highest BCUT2D eigenvalue weighted by atomic mass is 35.5. The molecular formula is C54H53ClN10O5. The Kier molecular flexibility index (Phi) is 13.7. The van der Waals surface area contributed by atoms with Gasteiger partial charge in [0.2, 0.25) is 0 Å². The van der Waals surface area contributed by atoms with Crippen LogP contribution in [0, 0.1) is 13.8 Å². The average molecular weight is 958 g/mol. The number of nitrogens with two attached hydrogens (primary N) is 2. The zero-order valence-electron chi connectivity index (χ0n) is 38.8. The predicted molar refractivity (Wildman–Crippen MR) is 269 cm³/mol. The van der Waals surface area contributed by atoms with Crippen molar-refractivity contribution in [2.45, 2.75) is 83.6 Å². The molecule has 8 N–H and O–H groups in total. The van der Waals surface area contributed by atoms with Crippen molar-refractivity contribution in [1.82, 2.24) is 40.8 Å². The summed E-state index contributed by atoms with van der Waals surface area (Å²) in [5.74, 6) is -0.560. The molecule has 3 amide bonds. The van der Waals surface area contributed by atoms with Crippen LogP contribution in [0.25, 0.3) is 11.4 Å². The molecule has 15 nitrogen and oxygen atoms in total. The molecule has 3 aliphatic carbocycles. The van der Waals surface area contributed by atoms with E-state index >= 15 is 0 Å². The van der Waals surface area contributed by atoms with E-state index in [4.69, 9.17) is 23.1 Å². The van der Waals surface area contributed by atoms with E-state index in [1.807, 2.05) is 68.4 Å². The Balaban J connectivity index is 0.000000175. The van der Waals surface area contributed by atoms with Gasteiger partial charge in [0.25, 0.3) is 17.7 Å². The Morgan fingerprint density at radius 1 is 0.529 bits per heavy atom. The Morgan fingerprint density at radius 2 is 0.929 bits per heavy atom. The number of carbonyl (C=O) groups is 5. The number of ketones is 2. The Morgan fingerprint density at radius 3 is 1.39 bits per heavy atom. The van der Waals surface area contributed by atoms with Gasteiger partial charge in [0.15, 0.2) is 11.6 Å². The summed E-state index contributed by atoms with van der Waals surface area (Å²) in [4.78, 5) is 63.9. The van der Waals surface area contributed by atoms with Crippen molar-refractivity contribution >= 4 is 52.5 Å². The molecule has 0 saturated heterocycles. The minimum Gasteiger partial charge on any atom is -0.383 e. The third-order valence-electron chi connectivity index (χ3n) is 12.4. The average Bonchev–Trinajstić information content (AvgIpc) is 4.30. The van der Waals surface area contributed by atoms with Gasteiger partial charge in [0.1, 0.15) is 11.6 Å². The van der Waals surface area contributed by atoms with Gasteiger partial charge in [-0.05, 0) is 129 Å². The van der Waals surface area contributed by atoms with Crippen LogP contribution in [0.3, 0.4) is 0 Å². The fraction of sp³-hybridized carbons (Fsp3) is 0.241. The zero-order valence-corrected chi connectivity index (χ0v) is 39.6. The summed E-state index contributed by atoms with van der Waals surface area (Å²) in [7, 11) is 0. The van der Waals surface area contributed by atoms with Crippen LogP contribution in [-0.4, -0.2) is 67.0 Å². The van der Waals surface area contributed by atoms with E-state index in [9.17, 15) is 24.0 Å². The molecule has 10 rings (SSSR count). The fourth-order valence-corrected chi connectivity index (χ4v) is 8.04. The smallest absolute Gasteiger partial charge is 0.251 e. The number of aromatic nitrogens is 4. The van der Waals surface area contributed by atoms with Gasteiger partial charge in [-0.25, -0.2) is 9.36 Å². The van der Waals surface area contributed by atoms with Crippen molar-refractivity contribution in [2.75, 3.05) is 11.5 Å². The highest BCUT2D eigenvalue weighted by Crippen LogP contribution is 2.28. The molecule has 7 aromatic rings. The van der Waals surface area contributed by atoms with Crippen LogP contribution in [0.1, 0.15) is 124 Å². The lowest BCUT2D eigenvalue weighted by Gasteiger charge is -2.11. The Labute approximate surface area is 410 Å². The minimum atomic E-state index is -0.319. The summed E-state index contributed by atoms with van der Waals surface area (Å²) >= 11 is 6.06. The third-order valence-corrected chi connectivity index (χ3v) is 12.6. The van der Waals surface area contributed by atoms with Crippen LogP contribution in [0.4, 0.5) is 11.6 Å². The summed E-state index contributed by atoms with van der Waals surface area (Å²) in [6, 6.07) is 33.2. The number of hydrogen-bond donors (Lipinski definition) is 6. The first-order valence-corrected chi connectivity index (χ1v) is 23.7. The number of hydrogen-bond acceptors (Lipinski definition) is 10. The maximum Gasteiger partial charge on any atom is 0.251 e. The van der Waals surface area contributed by atoms with Crippen LogP contribution < -0.4 is 32.7 Å². The van der Waals surface area contributed by atoms with Gasteiger partial charge in [0, 0.05) is 64.1 Å². The number of rotatable bonds is 16. The number of nitrogens with zero attached hydrogens (tertiary/aromatic N) is 4. The van der Waals surface area contributed by atoms with Gasteiger partial charge in [-0.1, -0.05) is 66.2 Å². The molecule has 0 bridgehead atoms. The maximum absolute atomic E-state index is 13.4. The summed E-state index contributed by atoms with van der Waals surface area (Å²) < 4.78 is 2.99. The molecule has 2 aromatic heterocycles. The lowest BCUT2D eigenvalue weighted by molar-refractivity contribution is 0.0942. The summed E-state index contributed by atoms with van der Waals surface area (Å²) in [6.07, 6.45) is 8.92. The van der Waals surface area contributed by atoms with E-state index in [0.717, 1.165) is 60.8 Å². The van der Waals surface area contributed by atoms with Gasteiger partial charge >= 0.3 is 0 Å². The number of nitrogens with one attached hydrogen (secondary N) is 4. The lowest BCUT2D eigenvalue weighted by atomic mass is 10.0. The van der Waals surface area contributed by atoms with Crippen molar-refractivity contribution in [2.24, 2.45) is 0 Å². The standard InChI is InChI=1S/C29H28ClN5O2.C25H25N5O3/c1-18-8-9-22(29(37)34-24-10-11-24)14-26(18)35-28(31)25(17-33-35)27(36)21-6-2-4-19(12-21)15-32-16-20-5-3-7-23(30)13-20;1-14-5-6-17(25(33)29-19-9-10-19)12-21(14)30-23(26)20(13-27-30)22(31)15-3-2-4-16(11-15)24(32)28-18-7-8-18/h2-9,12-14,17,24,32H,10-11,15-16,31H2,1H3,(H,34,37);2-6,11-13,18-19H,7-10,26H2,1H3,(H,28,32)(H,29,33). The van der Waals surface area contributed by atoms with Crippen molar-refractivity contribution < 1.29 is 24.0 Å². The van der Waals surface area contributed by atoms with Crippen LogP contribution in [0.15, 0.2) is 122 Å². The van der Waals surface area contributed by atoms with E-state index < -0.39 is 0 Å². The first kappa shape index (κ1) is 47.2. The lowest BCUT2D eigenvalue weighted by Crippen LogP contribution is -2.25. The number of nitrogen functional groups attached to an aromatic ring is 2. The van der Waals surface area contributed by atoms with Gasteiger partial charge in [-0.2, -0.15) is 10.2 Å². The van der Waals surface area contributed by atoms with Crippen LogP contribution in [0.5, 0.6) is 0 Å². The largest absolute Gasteiger partial charge is 0.383 e. The SMILES string of the molecule is Cc1ccc(C(=O)NC2CC2)cc1-n1ncc(C(=O)c2cccc(C(=O)NC3CC3)c2)c1N.Cc1ccc(C(=O)NC2CC2)cc1-n1ncc(C(=O)c2cccc(CNCc3cccc(Cl)c3)c2)c1N. The monoisotopic (exact) mass is 956 g/mol. The van der Waals surface area contributed by atoms with E-state index in [0.29, 0.717) is 62.9 Å². The van der Waals surface area contributed by atoms with Gasteiger partial charge in [0.05, 0.1) is 34.9 Å². The molecule has 0 radical (unpaired) electrons. The molecule has 5 aromatic carbocycles. The van der Waals surface area contributed by atoms with E-state index in [2.05, 4.69) is 31.5 Å². The minimum absolute atomic E-state index is 0.119. The van der Waals surface area contributed by atoms with E-state index in [-0.39, 0.29) is 64.6 Å². The van der Waals surface area contributed by atoms with Crippen LogP contribution in [-0.2, 0) is 13.1 Å². The molecule has 3 aliphatic rings. The van der Waals surface area contributed by atoms with E-state index in [1.54, 1.807) is 54.6 Å². The number of anilines is 2. The number of carbonyl (C=O) groups excluding carboxylic acids is 5. The Bertz CT molecular complexity index is 3170. The second kappa shape index (κ2) is 20.4. The molecular weight excluding hydrogens is 904 g/mol. The molecule has 0 atom stereocenters. The molecule has 3 saturated carbocycles. The summed E-state index contributed by atoms with van der Waals surface area (Å²) in [6.45, 7) is 5.07. The molecule has 3 fully saturated rings. The molecule has 356 valence electrons. The second-order valence-corrected chi connectivity index (χ2v) is 18.6. The molecule has 16 heteroatoms. The summed E-state index contributed by atoms with van der Waals surface area (Å²) in [5, 5.41) is 21.7. The first-order chi connectivity index (χ1) is 33.8. The normalized spacial score (nSPS) is 14.0. The van der Waals surface area contributed by atoms with Crippen molar-refractivity contribution in [1.29, 1.82) is 0 Å². The quantitative estimate of drug-likeness (QED) is 0.0521. The number of amides is 3. The molecule has 0 unspecified atom stereocenters. The maximum atomic E-state index is 13.4. The topological polar surface area (TPSA) is 221 Å².